The SMILES string of the molecule is O=c1c(-c2ccc3c(c2)OCCCO3)coc2cc(OC3OC(CO)C(O)C(O)C3O)ccc12. The minimum absolute atomic E-state index is 0.198. The normalized spacial score (nSPS) is 26.8. The lowest BCUT2D eigenvalue weighted by Gasteiger charge is -2.39. The van der Waals surface area contributed by atoms with Gasteiger partial charge < -0.3 is 43.8 Å². The lowest BCUT2D eigenvalue weighted by Crippen LogP contribution is -2.60. The third-order valence-corrected chi connectivity index (χ3v) is 5.91. The molecule has 2 aromatic carbocycles. The van der Waals surface area contributed by atoms with Gasteiger partial charge in [0.1, 0.15) is 42.0 Å². The molecule has 0 bridgehead atoms. The van der Waals surface area contributed by atoms with Gasteiger partial charge in [-0.05, 0) is 29.8 Å². The van der Waals surface area contributed by atoms with Crippen LogP contribution in [-0.4, -0.2) is 71.0 Å². The zero-order valence-corrected chi connectivity index (χ0v) is 18.0. The van der Waals surface area contributed by atoms with Crippen LogP contribution < -0.4 is 19.6 Å². The van der Waals surface area contributed by atoms with Crippen LogP contribution in [0.5, 0.6) is 17.2 Å². The Morgan fingerprint density at radius 3 is 2.53 bits per heavy atom. The molecule has 0 radical (unpaired) electrons. The molecule has 1 saturated heterocycles. The molecule has 2 aliphatic rings. The van der Waals surface area contributed by atoms with Gasteiger partial charge in [0.15, 0.2) is 16.9 Å². The standard InChI is InChI=1S/C24H24O10/c25-10-19-21(27)22(28)23(29)24(34-19)33-13-3-4-14-17(9-13)32-11-15(20(14)26)12-2-5-16-18(8-12)31-7-1-6-30-16/h2-5,8-9,11,19,21-25,27-29H,1,6-7,10H2. The van der Waals surface area contributed by atoms with Crippen LogP contribution in [0.15, 0.2) is 51.9 Å². The molecule has 5 unspecified atom stereocenters. The van der Waals surface area contributed by atoms with Gasteiger partial charge in [-0.25, -0.2) is 0 Å². The first-order valence-corrected chi connectivity index (χ1v) is 10.9. The second kappa shape index (κ2) is 9.24. The van der Waals surface area contributed by atoms with Crippen molar-refractivity contribution in [1.29, 1.82) is 0 Å². The van der Waals surface area contributed by atoms with Gasteiger partial charge >= 0.3 is 0 Å². The Morgan fingerprint density at radius 1 is 0.941 bits per heavy atom. The highest BCUT2D eigenvalue weighted by molar-refractivity contribution is 5.83. The number of aliphatic hydroxyl groups is 4. The molecule has 10 heteroatoms. The quantitative estimate of drug-likeness (QED) is 0.430. The van der Waals surface area contributed by atoms with Gasteiger partial charge in [-0.2, -0.15) is 0 Å². The first kappa shape index (κ1) is 22.6. The average molecular weight is 472 g/mol. The van der Waals surface area contributed by atoms with E-state index in [1.54, 1.807) is 18.2 Å². The number of hydrogen-bond acceptors (Lipinski definition) is 10. The fourth-order valence-corrected chi connectivity index (χ4v) is 4.01. The Bertz CT molecular complexity index is 1240. The van der Waals surface area contributed by atoms with Crippen molar-refractivity contribution in [3.05, 3.63) is 52.9 Å². The predicted octanol–water partition coefficient (Wildman–Crippen LogP) is 0.800. The summed E-state index contributed by atoms with van der Waals surface area (Å²) in [5.74, 6) is 1.39. The van der Waals surface area contributed by atoms with Gasteiger partial charge in [0.05, 0.1) is 30.8 Å². The molecule has 3 aromatic rings. The summed E-state index contributed by atoms with van der Waals surface area (Å²) in [5.41, 5.74) is 0.965. The molecule has 34 heavy (non-hydrogen) atoms. The molecule has 0 saturated carbocycles. The summed E-state index contributed by atoms with van der Waals surface area (Å²) in [6.07, 6.45) is -4.93. The summed E-state index contributed by atoms with van der Waals surface area (Å²) < 4.78 is 28.0. The number of ether oxygens (including phenoxy) is 4. The van der Waals surface area contributed by atoms with Crippen molar-refractivity contribution < 1.29 is 43.8 Å². The molecule has 0 amide bonds. The fourth-order valence-electron chi connectivity index (χ4n) is 4.01. The average Bonchev–Trinajstić information content (AvgIpc) is 3.09. The Labute approximate surface area is 193 Å². The molecule has 1 aromatic heterocycles. The van der Waals surface area contributed by atoms with E-state index in [-0.39, 0.29) is 16.8 Å². The number of benzene rings is 2. The van der Waals surface area contributed by atoms with Gasteiger partial charge in [0, 0.05) is 12.5 Å². The van der Waals surface area contributed by atoms with Gasteiger partial charge in [-0.1, -0.05) is 6.07 Å². The lowest BCUT2D eigenvalue weighted by atomic mass is 9.99. The molecule has 5 atom stereocenters. The zero-order valence-electron chi connectivity index (χ0n) is 18.0. The van der Waals surface area contributed by atoms with Gasteiger partial charge in [0.25, 0.3) is 0 Å². The largest absolute Gasteiger partial charge is 0.490 e. The number of rotatable bonds is 4. The van der Waals surface area contributed by atoms with Crippen molar-refractivity contribution in [2.24, 2.45) is 0 Å². The molecule has 3 heterocycles. The first-order chi connectivity index (χ1) is 16.5. The monoisotopic (exact) mass is 472 g/mol. The summed E-state index contributed by atoms with van der Waals surface area (Å²) in [7, 11) is 0. The summed E-state index contributed by atoms with van der Waals surface area (Å²) in [5, 5.41) is 39.6. The Kier molecular flexibility index (Phi) is 6.15. The van der Waals surface area contributed by atoms with Crippen LogP contribution in [-0.2, 0) is 4.74 Å². The molecule has 5 rings (SSSR count). The molecule has 10 nitrogen and oxygen atoms in total. The van der Waals surface area contributed by atoms with E-state index >= 15 is 0 Å². The summed E-state index contributed by atoms with van der Waals surface area (Å²) in [4.78, 5) is 13.2. The molecule has 2 aliphatic heterocycles. The van der Waals surface area contributed by atoms with Crippen molar-refractivity contribution in [3.63, 3.8) is 0 Å². The highest BCUT2D eigenvalue weighted by Crippen LogP contribution is 2.34. The van der Waals surface area contributed by atoms with Crippen molar-refractivity contribution >= 4 is 11.0 Å². The Hall–Kier alpha value is -3.15. The van der Waals surface area contributed by atoms with Crippen molar-refractivity contribution in [2.75, 3.05) is 19.8 Å². The van der Waals surface area contributed by atoms with Crippen LogP contribution in [0.3, 0.4) is 0 Å². The van der Waals surface area contributed by atoms with E-state index < -0.39 is 37.3 Å². The van der Waals surface area contributed by atoms with E-state index in [1.165, 1.54) is 24.5 Å². The minimum atomic E-state index is -1.56. The molecule has 4 N–H and O–H groups in total. The van der Waals surface area contributed by atoms with Crippen LogP contribution >= 0.6 is 0 Å². The van der Waals surface area contributed by atoms with Gasteiger partial charge in [0.2, 0.25) is 6.29 Å². The summed E-state index contributed by atoms with van der Waals surface area (Å²) >= 11 is 0. The maximum atomic E-state index is 13.2. The van der Waals surface area contributed by atoms with E-state index in [0.29, 0.717) is 41.2 Å². The molecule has 0 aliphatic carbocycles. The number of aliphatic hydroxyl groups excluding tert-OH is 4. The highest BCUT2D eigenvalue weighted by atomic mass is 16.7. The third-order valence-electron chi connectivity index (χ3n) is 5.91. The Balaban J connectivity index is 1.42. The van der Waals surface area contributed by atoms with Crippen LogP contribution in [0.2, 0.25) is 0 Å². The molecular formula is C24H24O10. The van der Waals surface area contributed by atoms with Crippen LogP contribution in [0.4, 0.5) is 0 Å². The zero-order chi connectivity index (χ0) is 23.8. The van der Waals surface area contributed by atoms with Crippen LogP contribution in [0, 0.1) is 0 Å². The summed E-state index contributed by atoms with van der Waals surface area (Å²) in [6.45, 7) is 0.526. The van der Waals surface area contributed by atoms with E-state index in [4.69, 9.17) is 23.4 Å². The van der Waals surface area contributed by atoms with Crippen molar-refractivity contribution in [3.8, 4) is 28.4 Å². The van der Waals surface area contributed by atoms with E-state index in [1.807, 2.05) is 0 Å². The van der Waals surface area contributed by atoms with E-state index in [0.717, 1.165) is 6.42 Å². The highest BCUT2D eigenvalue weighted by Gasteiger charge is 2.44. The number of fused-ring (bicyclic) bond motifs is 2. The molecule has 0 spiro atoms. The smallest absolute Gasteiger partial charge is 0.229 e. The van der Waals surface area contributed by atoms with Crippen LogP contribution in [0.1, 0.15) is 6.42 Å². The third kappa shape index (κ3) is 4.10. The maximum absolute atomic E-state index is 13.2. The van der Waals surface area contributed by atoms with Crippen molar-refractivity contribution in [2.45, 2.75) is 37.1 Å². The topological polar surface area (TPSA) is 148 Å². The van der Waals surface area contributed by atoms with Crippen LogP contribution in [0.25, 0.3) is 22.1 Å². The summed E-state index contributed by atoms with van der Waals surface area (Å²) in [6, 6.07) is 9.75. The molecule has 1 fully saturated rings. The molecule has 180 valence electrons. The lowest BCUT2D eigenvalue weighted by molar-refractivity contribution is -0.277. The van der Waals surface area contributed by atoms with E-state index in [9.17, 15) is 25.2 Å². The van der Waals surface area contributed by atoms with Gasteiger partial charge in [-0.15, -0.1) is 0 Å². The first-order valence-electron chi connectivity index (χ1n) is 10.9. The second-order valence-electron chi connectivity index (χ2n) is 8.16. The van der Waals surface area contributed by atoms with Crippen molar-refractivity contribution in [1.82, 2.24) is 0 Å². The van der Waals surface area contributed by atoms with E-state index in [2.05, 4.69) is 0 Å². The maximum Gasteiger partial charge on any atom is 0.229 e. The second-order valence-corrected chi connectivity index (χ2v) is 8.16. The van der Waals surface area contributed by atoms with Gasteiger partial charge in [-0.3, -0.25) is 4.79 Å². The predicted molar refractivity (Wildman–Crippen MR) is 118 cm³/mol. The Morgan fingerprint density at radius 2 is 1.74 bits per heavy atom. The fraction of sp³-hybridized carbons (Fsp3) is 0.375. The minimum Gasteiger partial charge on any atom is -0.490 e. The number of hydrogen-bond donors (Lipinski definition) is 4. The molecular weight excluding hydrogens is 448 g/mol.